The number of aromatic hydroxyl groups is 1. The van der Waals surface area contributed by atoms with Crippen molar-refractivity contribution in [2.75, 3.05) is 0 Å². The minimum atomic E-state index is 0.298. The van der Waals surface area contributed by atoms with Crippen molar-refractivity contribution < 1.29 is 5.11 Å². The highest BCUT2D eigenvalue weighted by molar-refractivity contribution is 6.03. The average molecular weight is 184 g/mol. The summed E-state index contributed by atoms with van der Waals surface area (Å²) in [6.45, 7) is 0. The van der Waals surface area contributed by atoms with Gasteiger partial charge in [0.15, 0.2) is 0 Å². The van der Waals surface area contributed by atoms with Crippen molar-refractivity contribution in [2.24, 2.45) is 0 Å². The van der Waals surface area contributed by atoms with Gasteiger partial charge in [-0.05, 0) is 11.5 Å². The van der Waals surface area contributed by atoms with Crippen LogP contribution in [0.25, 0.3) is 21.7 Å². The van der Waals surface area contributed by atoms with Crippen molar-refractivity contribution in [3.63, 3.8) is 0 Å². The zero-order valence-electron chi connectivity index (χ0n) is 7.36. The van der Waals surface area contributed by atoms with Crippen LogP contribution in [0, 0.1) is 0 Å². The summed E-state index contributed by atoms with van der Waals surface area (Å²) in [6, 6.07) is 9.71. The molecule has 3 heteroatoms. The summed E-state index contributed by atoms with van der Waals surface area (Å²) < 4.78 is 0. The van der Waals surface area contributed by atoms with Gasteiger partial charge in [0.1, 0.15) is 5.75 Å². The van der Waals surface area contributed by atoms with Gasteiger partial charge in [-0.2, -0.15) is 5.10 Å². The third kappa shape index (κ3) is 0.836. The van der Waals surface area contributed by atoms with Gasteiger partial charge < -0.3 is 5.11 Å². The van der Waals surface area contributed by atoms with Crippen LogP contribution >= 0.6 is 0 Å². The van der Waals surface area contributed by atoms with Crippen molar-refractivity contribution in [2.45, 2.75) is 0 Å². The SMILES string of the molecule is Oc1c2ccccc2cc2[nH]ncc12. The smallest absolute Gasteiger partial charge is 0.134 e. The van der Waals surface area contributed by atoms with Gasteiger partial charge in [-0.15, -0.1) is 0 Å². The van der Waals surface area contributed by atoms with Gasteiger partial charge >= 0.3 is 0 Å². The van der Waals surface area contributed by atoms with Crippen molar-refractivity contribution in [3.8, 4) is 5.75 Å². The molecule has 0 saturated carbocycles. The Kier molecular flexibility index (Phi) is 1.31. The number of hydrogen-bond acceptors (Lipinski definition) is 2. The van der Waals surface area contributed by atoms with E-state index in [-0.39, 0.29) is 0 Å². The Morgan fingerprint density at radius 1 is 1.14 bits per heavy atom. The molecule has 0 amide bonds. The monoisotopic (exact) mass is 184 g/mol. The van der Waals surface area contributed by atoms with Crippen LogP contribution < -0.4 is 0 Å². The highest BCUT2D eigenvalue weighted by atomic mass is 16.3. The predicted octanol–water partition coefficient (Wildman–Crippen LogP) is 2.42. The minimum absolute atomic E-state index is 0.298. The molecule has 3 aromatic rings. The van der Waals surface area contributed by atoms with E-state index >= 15 is 0 Å². The summed E-state index contributed by atoms with van der Waals surface area (Å²) >= 11 is 0. The molecule has 0 aliphatic rings. The van der Waals surface area contributed by atoms with E-state index in [2.05, 4.69) is 10.2 Å². The largest absolute Gasteiger partial charge is 0.507 e. The second kappa shape index (κ2) is 2.48. The lowest BCUT2D eigenvalue weighted by Crippen LogP contribution is -1.75. The van der Waals surface area contributed by atoms with Crippen LogP contribution in [0.1, 0.15) is 0 Å². The molecule has 0 aliphatic carbocycles. The van der Waals surface area contributed by atoms with E-state index in [4.69, 9.17) is 0 Å². The molecule has 0 atom stereocenters. The zero-order chi connectivity index (χ0) is 9.54. The quantitative estimate of drug-likeness (QED) is 0.563. The maximum Gasteiger partial charge on any atom is 0.134 e. The molecule has 1 heterocycles. The maximum absolute atomic E-state index is 9.94. The minimum Gasteiger partial charge on any atom is -0.507 e. The summed E-state index contributed by atoms with van der Waals surface area (Å²) in [5.74, 6) is 0.298. The van der Waals surface area contributed by atoms with E-state index < -0.39 is 0 Å². The van der Waals surface area contributed by atoms with Crippen LogP contribution in [0.15, 0.2) is 36.5 Å². The molecule has 0 bridgehead atoms. The number of nitrogens with zero attached hydrogens (tertiary/aromatic N) is 1. The summed E-state index contributed by atoms with van der Waals surface area (Å²) in [6.07, 6.45) is 1.64. The van der Waals surface area contributed by atoms with Gasteiger partial charge in [0.2, 0.25) is 0 Å². The fourth-order valence-electron chi connectivity index (χ4n) is 1.73. The zero-order valence-corrected chi connectivity index (χ0v) is 7.36. The number of rotatable bonds is 0. The second-order valence-electron chi connectivity index (χ2n) is 3.28. The molecule has 0 radical (unpaired) electrons. The number of phenols is 1. The van der Waals surface area contributed by atoms with Crippen LogP contribution in [-0.2, 0) is 0 Å². The third-order valence-corrected chi connectivity index (χ3v) is 2.44. The molecule has 3 rings (SSSR count). The normalized spacial score (nSPS) is 11.1. The number of hydrogen-bond donors (Lipinski definition) is 2. The Hall–Kier alpha value is -2.03. The van der Waals surface area contributed by atoms with E-state index in [1.807, 2.05) is 30.3 Å². The van der Waals surface area contributed by atoms with E-state index in [0.29, 0.717) is 5.75 Å². The third-order valence-electron chi connectivity index (χ3n) is 2.44. The van der Waals surface area contributed by atoms with Crippen molar-refractivity contribution >= 4 is 21.7 Å². The van der Waals surface area contributed by atoms with E-state index in [0.717, 1.165) is 21.7 Å². The molecule has 0 aliphatic heterocycles. The Labute approximate surface area is 80.0 Å². The maximum atomic E-state index is 9.94. The molecule has 0 fully saturated rings. The molecule has 3 nitrogen and oxygen atoms in total. The van der Waals surface area contributed by atoms with Gasteiger partial charge in [-0.25, -0.2) is 0 Å². The Bertz CT molecular complexity index is 613. The number of aromatic amines is 1. The van der Waals surface area contributed by atoms with E-state index in [9.17, 15) is 5.11 Å². The summed E-state index contributed by atoms with van der Waals surface area (Å²) in [7, 11) is 0. The molecular formula is C11H8N2O. The van der Waals surface area contributed by atoms with Crippen molar-refractivity contribution in [3.05, 3.63) is 36.5 Å². The van der Waals surface area contributed by atoms with Gasteiger partial charge in [0.05, 0.1) is 17.1 Å². The average Bonchev–Trinajstić information content (AvgIpc) is 2.66. The molecular weight excluding hydrogens is 176 g/mol. The Balaban J connectivity index is 2.63. The predicted molar refractivity (Wildman–Crippen MR) is 55.3 cm³/mol. The van der Waals surface area contributed by atoms with Crippen LogP contribution in [0.3, 0.4) is 0 Å². The topological polar surface area (TPSA) is 48.9 Å². The molecule has 2 N–H and O–H groups in total. The number of aromatic nitrogens is 2. The molecule has 0 spiro atoms. The number of nitrogens with one attached hydrogen (secondary N) is 1. The summed E-state index contributed by atoms with van der Waals surface area (Å²) in [4.78, 5) is 0. The number of H-pyrrole nitrogens is 1. The Morgan fingerprint density at radius 2 is 2.00 bits per heavy atom. The first-order valence-corrected chi connectivity index (χ1v) is 4.40. The number of phenolic OH excluding ortho intramolecular Hbond substituents is 1. The Morgan fingerprint density at radius 3 is 2.93 bits per heavy atom. The fourth-order valence-corrected chi connectivity index (χ4v) is 1.73. The molecule has 0 saturated heterocycles. The molecule has 0 unspecified atom stereocenters. The lowest BCUT2D eigenvalue weighted by atomic mass is 10.1. The fraction of sp³-hybridized carbons (Fsp3) is 0. The van der Waals surface area contributed by atoms with Gasteiger partial charge in [-0.3, -0.25) is 5.10 Å². The van der Waals surface area contributed by atoms with Gasteiger partial charge in [0, 0.05) is 5.39 Å². The highest BCUT2D eigenvalue weighted by Gasteiger charge is 2.06. The highest BCUT2D eigenvalue weighted by Crippen LogP contribution is 2.32. The van der Waals surface area contributed by atoms with Crippen LogP contribution in [0.4, 0.5) is 0 Å². The number of fused-ring (bicyclic) bond motifs is 2. The lowest BCUT2D eigenvalue weighted by Gasteiger charge is -2.01. The van der Waals surface area contributed by atoms with Crippen LogP contribution in [0.5, 0.6) is 5.75 Å². The van der Waals surface area contributed by atoms with E-state index in [1.165, 1.54) is 0 Å². The van der Waals surface area contributed by atoms with Crippen molar-refractivity contribution in [1.82, 2.24) is 10.2 Å². The second-order valence-corrected chi connectivity index (χ2v) is 3.28. The summed E-state index contributed by atoms with van der Waals surface area (Å²) in [5.41, 5.74) is 0.862. The first kappa shape index (κ1) is 7.38. The molecule has 1 aromatic heterocycles. The first-order chi connectivity index (χ1) is 6.86. The van der Waals surface area contributed by atoms with Gasteiger partial charge in [0.25, 0.3) is 0 Å². The molecule has 14 heavy (non-hydrogen) atoms. The first-order valence-electron chi connectivity index (χ1n) is 4.40. The lowest BCUT2D eigenvalue weighted by molar-refractivity contribution is 0.488. The molecule has 2 aromatic carbocycles. The molecule has 68 valence electrons. The van der Waals surface area contributed by atoms with Gasteiger partial charge in [-0.1, -0.05) is 24.3 Å². The van der Waals surface area contributed by atoms with Crippen molar-refractivity contribution in [1.29, 1.82) is 0 Å². The van der Waals surface area contributed by atoms with Crippen LogP contribution in [0.2, 0.25) is 0 Å². The van der Waals surface area contributed by atoms with E-state index in [1.54, 1.807) is 6.20 Å². The standard InChI is InChI=1S/C11H8N2O/c14-11-8-4-2-1-3-7(8)5-10-9(11)6-12-13-10/h1-6,14H,(H,12,13). The summed E-state index contributed by atoms with van der Waals surface area (Å²) in [5, 5.41) is 19.3. The van der Waals surface area contributed by atoms with Crippen LogP contribution in [-0.4, -0.2) is 15.3 Å². The number of benzene rings is 2.